The molecular formula is C20H18Cl2N4O2. The number of hydrogen-bond acceptors (Lipinski definition) is 3. The maximum atomic E-state index is 12.4. The van der Waals surface area contributed by atoms with Crippen LogP contribution in [0.3, 0.4) is 0 Å². The fourth-order valence-corrected chi connectivity index (χ4v) is 3.06. The Kier molecular flexibility index (Phi) is 6.34. The van der Waals surface area contributed by atoms with Crippen molar-refractivity contribution in [3.63, 3.8) is 0 Å². The molecule has 0 radical (unpaired) electrons. The minimum Gasteiger partial charge on any atom is -0.350 e. The molecule has 0 unspecified atom stereocenters. The Labute approximate surface area is 172 Å². The molecule has 0 aliphatic heterocycles. The molecule has 1 aromatic heterocycles. The zero-order valence-corrected chi connectivity index (χ0v) is 16.6. The number of amides is 2. The third-order valence-electron chi connectivity index (χ3n) is 4.06. The number of nitrogens with zero attached hydrogens (tertiary/aromatic N) is 2. The number of aryl methyl sites for hydroxylation is 1. The molecule has 6 nitrogen and oxygen atoms in total. The van der Waals surface area contributed by atoms with Gasteiger partial charge >= 0.3 is 0 Å². The first kappa shape index (κ1) is 19.9. The molecule has 0 fully saturated rings. The van der Waals surface area contributed by atoms with Crippen molar-refractivity contribution in [3.8, 4) is 0 Å². The standard InChI is InChI=1S/C20H18Cl2N4O2/c1-26-18(24-19(27)15-7-2-3-8-16(15)22)12-17(25-26)20(28)23-10-9-13-5-4-6-14(21)11-13/h2-8,11-12H,9-10H2,1H3,(H,23,28)(H,24,27). The van der Waals surface area contributed by atoms with Crippen LogP contribution < -0.4 is 10.6 Å². The number of aromatic nitrogens is 2. The Morgan fingerprint density at radius 2 is 1.82 bits per heavy atom. The van der Waals surface area contributed by atoms with Crippen LogP contribution in [0.5, 0.6) is 0 Å². The van der Waals surface area contributed by atoms with Crippen LogP contribution in [-0.2, 0) is 13.5 Å². The topological polar surface area (TPSA) is 76.0 Å². The van der Waals surface area contributed by atoms with Gasteiger partial charge in [-0.05, 0) is 36.2 Å². The van der Waals surface area contributed by atoms with Crippen molar-refractivity contribution < 1.29 is 9.59 Å². The normalized spacial score (nSPS) is 10.5. The lowest BCUT2D eigenvalue weighted by Gasteiger charge is -2.06. The second-order valence-electron chi connectivity index (χ2n) is 6.11. The van der Waals surface area contributed by atoms with E-state index < -0.39 is 0 Å². The second-order valence-corrected chi connectivity index (χ2v) is 6.95. The number of anilines is 1. The predicted octanol–water partition coefficient (Wildman–Crippen LogP) is 3.95. The maximum absolute atomic E-state index is 12.4. The molecule has 3 aromatic rings. The van der Waals surface area contributed by atoms with Gasteiger partial charge in [-0.2, -0.15) is 5.10 Å². The summed E-state index contributed by atoms with van der Waals surface area (Å²) in [6, 6.07) is 15.7. The molecule has 0 spiro atoms. The minimum atomic E-state index is -0.374. The molecule has 2 amide bonds. The Hall–Kier alpha value is -2.83. The lowest BCUT2D eigenvalue weighted by Crippen LogP contribution is -2.26. The van der Waals surface area contributed by atoms with Gasteiger partial charge in [0.05, 0.1) is 10.6 Å². The molecule has 0 aliphatic carbocycles. The van der Waals surface area contributed by atoms with Crippen molar-refractivity contribution in [1.29, 1.82) is 0 Å². The van der Waals surface area contributed by atoms with E-state index in [1.165, 1.54) is 10.7 Å². The van der Waals surface area contributed by atoms with Crippen LogP contribution in [0.25, 0.3) is 0 Å². The van der Waals surface area contributed by atoms with Crippen LogP contribution in [0.4, 0.5) is 5.82 Å². The van der Waals surface area contributed by atoms with Crippen LogP contribution in [0, 0.1) is 0 Å². The zero-order chi connectivity index (χ0) is 20.1. The van der Waals surface area contributed by atoms with Gasteiger partial charge in [0.15, 0.2) is 5.69 Å². The first-order valence-electron chi connectivity index (χ1n) is 8.56. The van der Waals surface area contributed by atoms with Crippen LogP contribution in [-0.4, -0.2) is 28.1 Å². The van der Waals surface area contributed by atoms with E-state index in [0.29, 0.717) is 34.4 Å². The monoisotopic (exact) mass is 416 g/mol. The molecule has 2 aromatic carbocycles. The molecule has 0 bridgehead atoms. The van der Waals surface area contributed by atoms with E-state index in [9.17, 15) is 9.59 Å². The highest BCUT2D eigenvalue weighted by atomic mass is 35.5. The van der Waals surface area contributed by atoms with Crippen molar-refractivity contribution in [1.82, 2.24) is 15.1 Å². The van der Waals surface area contributed by atoms with Gasteiger partial charge < -0.3 is 10.6 Å². The van der Waals surface area contributed by atoms with Crippen molar-refractivity contribution in [3.05, 3.63) is 81.5 Å². The summed E-state index contributed by atoms with van der Waals surface area (Å²) in [6.45, 7) is 0.442. The summed E-state index contributed by atoms with van der Waals surface area (Å²) >= 11 is 12.0. The van der Waals surface area contributed by atoms with Crippen LogP contribution in [0.15, 0.2) is 54.6 Å². The highest BCUT2D eigenvalue weighted by Gasteiger charge is 2.16. The number of hydrogen-bond donors (Lipinski definition) is 2. The molecule has 0 saturated carbocycles. The van der Waals surface area contributed by atoms with Gasteiger partial charge in [0.1, 0.15) is 5.82 Å². The van der Waals surface area contributed by atoms with E-state index in [-0.39, 0.29) is 17.5 Å². The van der Waals surface area contributed by atoms with Crippen LogP contribution in [0.1, 0.15) is 26.4 Å². The average molecular weight is 417 g/mol. The summed E-state index contributed by atoms with van der Waals surface area (Å²) in [4.78, 5) is 24.7. The average Bonchev–Trinajstić information content (AvgIpc) is 3.02. The third kappa shape index (κ3) is 4.91. The van der Waals surface area contributed by atoms with Gasteiger partial charge in [-0.15, -0.1) is 0 Å². The highest BCUT2D eigenvalue weighted by Crippen LogP contribution is 2.17. The van der Waals surface area contributed by atoms with Crippen molar-refractivity contribution >= 4 is 40.8 Å². The maximum Gasteiger partial charge on any atom is 0.271 e. The number of carbonyl (C=O) groups is 2. The largest absolute Gasteiger partial charge is 0.350 e. The molecule has 0 aliphatic rings. The molecule has 2 N–H and O–H groups in total. The zero-order valence-electron chi connectivity index (χ0n) is 15.1. The number of nitrogens with one attached hydrogen (secondary N) is 2. The Balaban J connectivity index is 1.60. The Morgan fingerprint density at radius 3 is 2.57 bits per heavy atom. The molecule has 144 valence electrons. The summed E-state index contributed by atoms with van der Waals surface area (Å²) in [5, 5.41) is 10.7. The van der Waals surface area contributed by atoms with E-state index in [1.807, 2.05) is 18.2 Å². The van der Waals surface area contributed by atoms with E-state index in [4.69, 9.17) is 23.2 Å². The van der Waals surface area contributed by atoms with Gasteiger partial charge in [-0.1, -0.05) is 47.5 Å². The second kappa shape index (κ2) is 8.91. The summed E-state index contributed by atoms with van der Waals surface area (Å²) in [7, 11) is 1.64. The first-order valence-corrected chi connectivity index (χ1v) is 9.32. The fraction of sp³-hybridized carbons (Fsp3) is 0.150. The van der Waals surface area contributed by atoms with Crippen molar-refractivity contribution in [2.75, 3.05) is 11.9 Å². The SMILES string of the molecule is Cn1nc(C(=O)NCCc2cccc(Cl)c2)cc1NC(=O)c1ccccc1Cl. The van der Waals surface area contributed by atoms with Gasteiger partial charge in [0.2, 0.25) is 0 Å². The third-order valence-corrected chi connectivity index (χ3v) is 4.63. The summed E-state index contributed by atoms with van der Waals surface area (Å²) in [6.07, 6.45) is 0.648. The number of halogens is 2. The van der Waals surface area contributed by atoms with E-state index in [2.05, 4.69) is 15.7 Å². The molecule has 0 atom stereocenters. The first-order chi connectivity index (χ1) is 13.4. The van der Waals surface area contributed by atoms with Crippen molar-refractivity contribution in [2.24, 2.45) is 7.05 Å². The Morgan fingerprint density at radius 1 is 1.04 bits per heavy atom. The van der Waals surface area contributed by atoms with Gasteiger partial charge in [-0.3, -0.25) is 14.3 Å². The Bertz CT molecular complexity index is 1020. The van der Waals surface area contributed by atoms with Gasteiger partial charge in [-0.25, -0.2) is 0 Å². The number of rotatable bonds is 6. The fourth-order valence-electron chi connectivity index (χ4n) is 2.63. The number of benzene rings is 2. The molecule has 3 rings (SSSR count). The molecule has 1 heterocycles. The van der Waals surface area contributed by atoms with E-state index in [1.54, 1.807) is 37.4 Å². The quantitative estimate of drug-likeness (QED) is 0.638. The van der Waals surface area contributed by atoms with Crippen LogP contribution in [0.2, 0.25) is 10.0 Å². The predicted molar refractivity (Wildman–Crippen MR) is 110 cm³/mol. The number of carbonyl (C=O) groups excluding carboxylic acids is 2. The summed E-state index contributed by atoms with van der Waals surface area (Å²) in [5.74, 6) is -0.303. The van der Waals surface area contributed by atoms with Crippen LogP contribution >= 0.6 is 23.2 Å². The molecular weight excluding hydrogens is 399 g/mol. The smallest absolute Gasteiger partial charge is 0.271 e. The lowest BCUT2D eigenvalue weighted by molar-refractivity contribution is 0.0947. The van der Waals surface area contributed by atoms with Gasteiger partial charge in [0.25, 0.3) is 11.8 Å². The van der Waals surface area contributed by atoms with Crippen molar-refractivity contribution in [2.45, 2.75) is 6.42 Å². The van der Waals surface area contributed by atoms with Gasteiger partial charge in [0, 0.05) is 24.7 Å². The molecule has 0 saturated heterocycles. The van der Waals surface area contributed by atoms with E-state index >= 15 is 0 Å². The summed E-state index contributed by atoms with van der Waals surface area (Å²) < 4.78 is 1.43. The molecule has 8 heteroatoms. The lowest BCUT2D eigenvalue weighted by atomic mass is 10.1. The highest BCUT2D eigenvalue weighted by molar-refractivity contribution is 6.34. The minimum absolute atomic E-state index is 0.211. The summed E-state index contributed by atoms with van der Waals surface area (Å²) in [5.41, 5.74) is 1.59. The van der Waals surface area contributed by atoms with E-state index in [0.717, 1.165) is 5.56 Å². The molecule has 28 heavy (non-hydrogen) atoms.